The first kappa shape index (κ1) is 23.1. The number of carbonyl (C=O) groups is 1. The molecule has 2 aromatic rings. The van der Waals surface area contributed by atoms with Gasteiger partial charge in [-0.25, -0.2) is 13.4 Å². The minimum Gasteiger partial charge on any atom is -0.376 e. The summed E-state index contributed by atoms with van der Waals surface area (Å²) in [5.74, 6) is 0.190. The number of nitrogens with zero attached hydrogens (tertiary/aromatic N) is 3. The maximum Gasteiger partial charge on any atom is 0.243 e. The first-order valence-electron chi connectivity index (χ1n) is 10.4. The van der Waals surface area contributed by atoms with Gasteiger partial charge in [0, 0.05) is 32.8 Å². The van der Waals surface area contributed by atoms with E-state index in [1.807, 2.05) is 25.3 Å². The molecule has 1 amide bonds. The van der Waals surface area contributed by atoms with E-state index in [-0.39, 0.29) is 22.7 Å². The molecule has 1 aliphatic rings. The number of amides is 1. The molecule has 166 valence electrons. The van der Waals surface area contributed by atoms with Gasteiger partial charge in [0.25, 0.3) is 0 Å². The van der Waals surface area contributed by atoms with Gasteiger partial charge in [0.05, 0.1) is 27.8 Å². The normalized spacial score (nSPS) is 17.1. The summed E-state index contributed by atoms with van der Waals surface area (Å²) >= 11 is 1.36. The highest BCUT2D eigenvalue weighted by Gasteiger charge is 2.23. The standard InChI is InChI=1S/C20H30N4O4S2/c1-4-23(5-2)30(26,27)16-9-10-18-17(12-16)22-20(24(18)6-3)29-14-19(25)21-13-15-8-7-11-28-15/h9-10,12,15H,4-8,11,13-14H2,1-3H3,(H,21,25)/t15-/m0/s1. The molecule has 0 saturated carbocycles. The van der Waals surface area contributed by atoms with Crippen LogP contribution in [0.3, 0.4) is 0 Å². The van der Waals surface area contributed by atoms with Crippen LogP contribution >= 0.6 is 11.8 Å². The maximum atomic E-state index is 12.8. The number of rotatable bonds is 10. The van der Waals surface area contributed by atoms with E-state index in [0.29, 0.717) is 36.9 Å². The molecule has 1 N–H and O–H groups in total. The van der Waals surface area contributed by atoms with E-state index in [2.05, 4.69) is 10.3 Å². The highest BCUT2D eigenvalue weighted by atomic mass is 32.2. The van der Waals surface area contributed by atoms with E-state index < -0.39 is 10.0 Å². The van der Waals surface area contributed by atoms with Crippen molar-refractivity contribution in [3.05, 3.63) is 18.2 Å². The quantitative estimate of drug-likeness (QED) is 0.555. The number of imidazole rings is 1. The van der Waals surface area contributed by atoms with Gasteiger partial charge in [0.15, 0.2) is 5.16 Å². The number of thioether (sulfide) groups is 1. The van der Waals surface area contributed by atoms with Crippen molar-refractivity contribution in [3.63, 3.8) is 0 Å². The molecule has 0 aliphatic carbocycles. The molecular weight excluding hydrogens is 424 g/mol. The number of carbonyl (C=O) groups excluding carboxylic acids is 1. The molecule has 10 heteroatoms. The summed E-state index contributed by atoms with van der Waals surface area (Å²) in [7, 11) is -3.54. The summed E-state index contributed by atoms with van der Waals surface area (Å²) in [6.45, 7) is 8.47. The number of aryl methyl sites for hydroxylation is 1. The van der Waals surface area contributed by atoms with Gasteiger partial charge in [0.2, 0.25) is 15.9 Å². The van der Waals surface area contributed by atoms with Crippen LogP contribution in [-0.2, 0) is 26.1 Å². The fourth-order valence-corrected chi connectivity index (χ4v) is 5.98. The molecule has 1 aliphatic heterocycles. The van der Waals surface area contributed by atoms with Crippen molar-refractivity contribution < 1.29 is 17.9 Å². The van der Waals surface area contributed by atoms with Gasteiger partial charge in [-0.15, -0.1) is 0 Å². The molecule has 0 unspecified atom stereocenters. The van der Waals surface area contributed by atoms with Crippen LogP contribution in [0.2, 0.25) is 0 Å². The van der Waals surface area contributed by atoms with Crippen LogP contribution in [0.5, 0.6) is 0 Å². The van der Waals surface area contributed by atoms with E-state index in [1.54, 1.807) is 18.2 Å². The number of hydrogen-bond acceptors (Lipinski definition) is 6. The molecule has 0 radical (unpaired) electrons. The van der Waals surface area contributed by atoms with Crippen molar-refractivity contribution in [3.8, 4) is 0 Å². The second-order valence-electron chi connectivity index (χ2n) is 7.11. The van der Waals surface area contributed by atoms with E-state index in [0.717, 1.165) is 25.0 Å². The molecule has 1 aromatic heterocycles. The highest BCUT2D eigenvalue weighted by Crippen LogP contribution is 2.27. The number of hydrogen-bond donors (Lipinski definition) is 1. The minimum absolute atomic E-state index is 0.0602. The Kier molecular flexibility index (Phi) is 7.78. The van der Waals surface area contributed by atoms with Gasteiger partial charge in [-0.3, -0.25) is 4.79 Å². The van der Waals surface area contributed by atoms with Crippen molar-refractivity contribution in [1.29, 1.82) is 0 Å². The largest absolute Gasteiger partial charge is 0.376 e. The second kappa shape index (κ2) is 10.1. The van der Waals surface area contributed by atoms with Crippen molar-refractivity contribution in [2.45, 2.75) is 56.3 Å². The molecule has 30 heavy (non-hydrogen) atoms. The smallest absolute Gasteiger partial charge is 0.243 e. The van der Waals surface area contributed by atoms with Crippen molar-refractivity contribution in [2.24, 2.45) is 0 Å². The van der Waals surface area contributed by atoms with Crippen LogP contribution in [0.25, 0.3) is 11.0 Å². The number of fused-ring (bicyclic) bond motifs is 1. The molecule has 3 rings (SSSR count). The Labute approximate surface area is 182 Å². The van der Waals surface area contributed by atoms with E-state index in [1.165, 1.54) is 16.1 Å². The van der Waals surface area contributed by atoms with Crippen molar-refractivity contribution >= 4 is 38.7 Å². The highest BCUT2D eigenvalue weighted by molar-refractivity contribution is 7.99. The summed E-state index contributed by atoms with van der Waals surface area (Å²) < 4.78 is 34.6. The molecule has 0 bridgehead atoms. The van der Waals surface area contributed by atoms with Gasteiger partial charge in [-0.1, -0.05) is 25.6 Å². The number of nitrogens with one attached hydrogen (secondary N) is 1. The van der Waals surface area contributed by atoms with Crippen LogP contribution in [0.4, 0.5) is 0 Å². The van der Waals surface area contributed by atoms with Crippen molar-refractivity contribution in [1.82, 2.24) is 19.2 Å². The number of ether oxygens (including phenoxy) is 1. The van der Waals surface area contributed by atoms with Gasteiger partial charge in [-0.2, -0.15) is 4.31 Å². The predicted molar refractivity (Wildman–Crippen MR) is 118 cm³/mol. The zero-order valence-electron chi connectivity index (χ0n) is 17.8. The summed E-state index contributed by atoms with van der Waals surface area (Å²) in [6, 6.07) is 5.05. The Morgan fingerprint density at radius 2 is 2.10 bits per heavy atom. The molecule has 8 nitrogen and oxygen atoms in total. The lowest BCUT2D eigenvalue weighted by Gasteiger charge is -2.18. The van der Waals surface area contributed by atoms with E-state index in [9.17, 15) is 13.2 Å². The first-order chi connectivity index (χ1) is 14.4. The van der Waals surface area contributed by atoms with Gasteiger partial charge in [0.1, 0.15) is 0 Å². The third kappa shape index (κ3) is 4.99. The summed E-state index contributed by atoms with van der Waals surface area (Å²) in [6.07, 6.45) is 2.14. The molecule has 1 fully saturated rings. The molecule has 1 atom stereocenters. The Morgan fingerprint density at radius 1 is 1.33 bits per heavy atom. The average molecular weight is 455 g/mol. The predicted octanol–water partition coefficient (Wildman–Crippen LogP) is 2.47. The molecule has 1 saturated heterocycles. The Balaban J connectivity index is 1.74. The number of benzene rings is 1. The fraction of sp³-hybridized carbons (Fsp3) is 0.600. The molecular formula is C20H30N4O4S2. The van der Waals surface area contributed by atoms with Crippen LogP contribution in [0, 0.1) is 0 Å². The molecule has 0 spiro atoms. The summed E-state index contributed by atoms with van der Waals surface area (Å²) in [5.41, 5.74) is 1.48. The SMILES string of the molecule is CCN(CC)S(=O)(=O)c1ccc2c(c1)nc(SCC(=O)NC[C@@H]1CCCO1)n2CC. The number of sulfonamides is 1. The number of aromatic nitrogens is 2. The monoisotopic (exact) mass is 454 g/mol. The fourth-order valence-electron chi connectivity index (χ4n) is 3.59. The summed E-state index contributed by atoms with van der Waals surface area (Å²) in [5, 5.41) is 3.62. The topological polar surface area (TPSA) is 93.5 Å². The lowest BCUT2D eigenvalue weighted by atomic mass is 10.2. The maximum absolute atomic E-state index is 12.8. The Hall–Kier alpha value is -1.62. The molecule has 1 aromatic carbocycles. The third-order valence-corrected chi connectivity index (χ3v) is 8.25. The van der Waals surface area contributed by atoms with Gasteiger partial charge in [-0.05, 0) is 38.0 Å². The van der Waals surface area contributed by atoms with Gasteiger partial charge >= 0.3 is 0 Å². The van der Waals surface area contributed by atoms with Crippen molar-refractivity contribution in [2.75, 3.05) is 32.0 Å². The average Bonchev–Trinajstić information content (AvgIpc) is 3.37. The lowest BCUT2D eigenvalue weighted by Crippen LogP contribution is -2.32. The van der Waals surface area contributed by atoms with Crippen LogP contribution < -0.4 is 5.32 Å². The third-order valence-electron chi connectivity index (χ3n) is 5.23. The summed E-state index contributed by atoms with van der Waals surface area (Å²) in [4.78, 5) is 17.1. The van der Waals surface area contributed by atoms with Crippen LogP contribution in [-0.4, -0.2) is 66.3 Å². The van der Waals surface area contributed by atoms with Gasteiger partial charge < -0.3 is 14.6 Å². The van der Waals surface area contributed by atoms with Crippen LogP contribution in [0.15, 0.2) is 28.3 Å². The van der Waals surface area contributed by atoms with Crippen LogP contribution in [0.1, 0.15) is 33.6 Å². The zero-order valence-corrected chi connectivity index (χ0v) is 19.4. The van der Waals surface area contributed by atoms with E-state index in [4.69, 9.17) is 4.74 Å². The Morgan fingerprint density at radius 3 is 2.73 bits per heavy atom. The Bertz CT molecular complexity index is 980. The molecule has 2 heterocycles. The zero-order chi connectivity index (χ0) is 21.7. The lowest BCUT2D eigenvalue weighted by molar-refractivity contribution is -0.119. The minimum atomic E-state index is -3.54. The van der Waals surface area contributed by atoms with E-state index >= 15 is 0 Å². The first-order valence-corrected chi connectivity index (χ1v) is 12.8. The second-order valence-corrected chi connectivity index (χ2v) is 9.99.